The molecule has 0 saturated heterocycles. The third-order valence-corrected chi connectivity index (χ3v) is 9.85. The molecule has 0 aliphatic rings. The molecule has 14 nitrogen and oxygen atoms in total. The number of aliphatic hydroxyl groups is 2. The van der Waals surface area contributed by atoms with Crippen molar-refractivity contribution in [3.63, 3.8) is 0 Å². The topological polar surface area (TPSA) is 216 Å². The summed E-state index contributed by atoms with van der Waals surface area (Å²) >= 11 is 0. The maximum absolute atomic E-state index is 12.6. The number of esters is 2. The molecule has 0 heterocycles. The zero-order valence-corrected chi connectivity index (χ0v) is 36.9. The van der Waals surface area contributed by atoms with E-state index in [1.54, 1.807) is 6.08 Å². The van der Waals surface area contributed by atoms with Gasteiger partial charge in [-0.25, -0.2) is 9.13 Å². The molecule has 0 amide bonds. The number of ether oxygens (including phenoxy) is 2. The molecule has 0 spiro atoms. The van der Waals surface area contributed by atoms with Crippen LogP contribution in [-0.4, -0.2) is 81.6 Å². The number of carbonyl (C=O) groups is 2. The molecule has 0 rings (SSSR count). The van der Waals surface area contributed by atoms with Crippen LogP contribution in [0.2, 0.25) is 0 Å². The van der Waals surface area contributed by atoms with Gasteiger partial charge < -0.3 is 34.4 Å². The Labute approximate surface area is 347 Å². The highest BCUT2D eigenvalue weighted by Gasteiger charge is 2.28. The van der Waals surface area contributed by atoms with Crippen molar-refractivity contribution in [1.29, 1.82) is 0 Å². The molecule has 0 aliphatic carbocycles. The molecule has 0 aromatic heterocycles. The van der Waals surface area contributed by atoms with Crippen LogP contribution in [0, 0.1) is 5.92 Å². The van der Waals surface area contributed by atoms with Gasteiger partial charge in [-0.15, -0.1) is 0 Å². The smallest absolute Gasteiger partial charge is 0.462 e. The van der Waals surface area contributed by atoms with Crippen LogP contribution < -0.4 is 0 Å². The summed E-state index contributed by atoms with van der Waals surface area (Å²) in [6, 6.07) is 0. The van der Waals surface area contributed by atoms with Gasteiger partial charge in [0.2, 0.25) is 0 Å². The molecule has 0 aromatic rings. The van der Waals surface area contributed by atoms with Crippen LogP contribution in [0.5, 0.6) is 0 Å². The Morgan fingerprint density at radius 1 is 0.621 bits per heavy atom. The van der Waals surface area contributed by atoms with Crippen molar-refractivity contribution in [3.05, 3.63) is 60.8 Å². The van der Waals surface area contributed by atoms with Gasteiger partial charge in [0.25, 0.3) is 0 Å². The number of phosphoric ester groups is 2. The monoisotopic (exact) mass is 864 g/mol. The van der Waals surface area contributed by atoms with Gasteiger partial charge >= 0.3 is 27.6 Å². The number of hydrogen-bond acceptors (Lipinski definition) is 11. The molecule has 0 aliphatic heterocycles. The lowest BCUT2D eigenvalue weighted by molar-refractivity contribution is -0.161. The number of rotatable bonds is 38. The summed E-state index contributed by atoms with van der Waals surface area (Å²) in [7, 11) is -9.70. The van der Waals surface area contributed by atoms with Crippen molar-refractivity contribution in [2.24, 2.45) is 5.92 Å². The third-order valence-electron chi connectivity index (χ3n) is 8.41. The van der Waals surface area contributed by atoms with Gasteiger partial charge in [-0.3, -0.25) is 23.2 Å². The van der Waals surface area contributed by atoms with Crippen molar-refractivity contribution < 1.29 is 66.7 Å². The fraction of sp³-hybridized carbons (Fsp3) is 0.714. The van der Waals surface area contributed by atoms with Crippen LogP contribution in [0.3, 0.4) is 0 Å². The van der Waals surface area contributed by atoms with Crippen LogP contribution in [0.15, 0.2) is 60.8 Å². The van der Waals surface area contributed by atoms with Crippen LogP contribution in [0.1, 0.15) is 143 Å². The molecule has 336 valence electrons. The molecule has 16 heteroatoms. The Hall–Kier alpha value is -2.22. The zero-order chi connectivity index (χ0) is 43.3. The van der Waals surface area contributed by atoms with Crippen LogP contribution in [0.4, 0.5) is 0 Å². The second-order valence-corrected chi connectivity index (χ2v) is 17.3. The number of carbonyl (C=O) groups excluding carboxylic acids is 2. The summed E-state index contributed by atoms with van der Waals surface area (Å²) in [5.74, 6) is -0.367. The molecule has 0 bridgehead atoms. The molecule has 0 radical (unpaired) electrons. The van der Waals surface area contributed by atoms with Gasteiger partial charge in [0, 0.05) is 12.8 Å². The normalized spacial score (nSPS) is 15.3. The molecular formula is C42H74O14P2. The Kier molecular flexibility index (Phi) is 35.2. The van der Waals surface area contributed by atoms with E-state index in [2.05, 4.69) is 22.9 Å². The summed E-state index contributed by atoms with van der Waals surface area (Å²) in [5, 5.41) is 19.5. The minimum Gasteiger partial charge on any atom is -0.462 e. The Balaban J connectivity index is 4.66. The first-order chi connectivity index (χ1) is 27.6. The van der Waals surface area contributed by atoms with Crippen LogP contribution in [0.25, 0.3) is 0 Å². The zero-order valence-electron chi connectivity index (χ0n) is 35.2. The number of unbranched alkanes of at least 4 members (excludes halogenated alkanes) is 10. The number of phosphoric acid groups is 2. The van der Waals surface area contributed by atoms with Gasteiger partial charge in [0.05, 0.1) is 25.9 Å². The summed E-state index contributed by atoms with van der Waals surface area (Å²) < 4.78 is 47.6. The standard InChI is InChI=1S/C42H74O14P2/c1-4-5-29-38(43)30-25-21-17-13-8-6-7-9-14-18-22-26-31-41(45)52-35-40(36-55-58(50,51)54-34-39(44)33-53-57(47,48)49)56-42(46)32-27-23-19-15-11-10-12-16-20-24-28-37(2)3/h5-7,13-14,17-18,21,25,29,37-40,43-44H,4,8-12,15-16,19-20,22-24,26-28,30-36H2,1-3H3,(H,50,51)(H2,47,48,49)/b7-6-,17-13-,18-14-,25-21+,29-5-/t38?,39-,40+/m0/s1. The Bertz CT molecular complexity index is 1290. The summed E-state index contributed by atoms with van der Waals surface area (Å²) in [6.45, 7) is 3.72. The van der Waals surface area contributed by atoms with Gasteiger partial charge in [-0.2, -0.15) is 0 Å². The maximum atomic E-state index is 12.6. The molecule has 0 saturated carbocycles. The molecule has 0 fully saturated rings. The lowest BCUT2D eigenvalue weighted by Crippen LogP contribution is -2.30. The molecule has 5 N–H and O–H groups in total. The highest BCUT2D eigenvalue weighted by molar-refractivity contribution is 7.47. The van der Waals surface area contributed by atoms with E-state index in [1.165, 1.54) is 38.5 Å². The van der Waals surface area contributed by atoms with Crippen molar-refractivity contribution >= 4 is 27.6 Å². The quantitative estimate of drug-likeness (QED) is 0.0129. The maximum Gasteiger partial charge on any atom is 0.472 e. The number of hydrogen-bond donors (Lipinski definition) is 5. The summed E-state index contributed by atoms with van der Waals surface area (Å²) in [6.07, 6.45) is 32.9. The highest BCUT2D eigenvalue weighted by atomic mass is 31.2. The second kappa shape index (κ2) is 36.6. The Morgan fingerprint density at radius 2 is 1.17 bits per heavy atom. The first-order valence-electron chi connectivity index (χ1n) is 20.9. The minimum atomic E-state index is -4.87. The predicted octanol–water partition coefficient (Wildman–Crippen LogP) is 9.27. The van der Waals surface area contributed by atoms with E-state index in [-0.39, 0.29) is 12.8 Å². The van der Waals surface area contributed by atoms with Gasteiger partial charge in [0.15, 0.2) is 6.10 Å². The third kappa shape index (κ3) is 40.6. The van der Waals surface area contributed by atoms with E-state index in [0.29, 0.717) is 25.7 Å². The number of allylic oxidation sites excluding steroid dienone is 8. The van der Waals surface area contributed by atoms with E-state index in [9.17, 15) is 33.8 Å². The lowest BCUT2D eigenvalue weighted by atomic mass is 10.0. The average Bonchev–Trinajstić information content (AvgIpc) is 3.16. The van der Waals surface area contributed by atoms with Gasteiger partial charge in [0.1, 0.15) is 12.7 Å². The lowest BCUT2D eigenvalue weighted by Gasteiger charge is -2.20. The first kappa shape index (κ1) is 55.8. The van der Waals surface area contributed by atoms with Crippen molar-refractivity contribution in [1.82, 2.24) is 0 Å². The molecular weight excluding hydrogens is 790 g/mol. The molecule has 4 atom stereocenters. The van der Waals surface area contributed by atoms with Crippen molar-refractivity contribution in [2.45, 2.75) is 161 Å². The molecule has 2 unspecified atom stereocenters. The fourth-order valence-corrected chi connectivity index (χ4v) is 6.39. The average molecular weight is 865 g/mol. The molecule has 58 heavy (non-hydrogen) atoms. The fourth-order valence-electron chi connectivity index (χ4n) is 5.23. The summed E-state index contributed by atoms with van der Waals surface area (Å²) in [4.78, 5) is 52.6. The first-order valence-corrected chi connectivity index (χ1v) is 24.0. The van der Waals surface area contributed by atoms with E-state index >= 15 is 0 Å². The van der Waals surface area contributed by atoms with Crippen molar-refractivity contribution in [2.75, 3.05) is 26.4 Å². The summed E-state index contributed by atoms with van der Waals surface area (Å²) in [5.41, 5.74) is 0. The Morgan fingerprint density at radius 3 is 1.81 bits per heavy atom. The van der Waals surface area contributed by atoms with E-state index < -0.39 is 72.3 Å². The highest BCUT2D eigenvalue weighted by Crippen LogP contribution is 2.43. The van der Waals surface area contributed by atoms with E-state index in [0.717, 1.165) is 50.9 Å². The van der Waals surface area contributed by atoms with Crippen molar-refractivity contribution in [3.8, 4) is 0 Å². The minimum absolute atomic E-state index is 0.0975. The van der Waals surface area contributed by atoms with E-state index in [1.807, 2.05) is 61.6 Å². The largest absolute Gasteiger partial charge is 0.472 e. The van der Waals surface area contributed by atoms with Crippen LogP contribution in [-0.2, 0) is 41.8 Å². The van der Waals surface area contributed by atoms with E-state index in [4.69, 9.17) is 23.8 Å². The van der Waals surface area contributed by atoms with Gasteiger partial charge in [-0.1, -0.05) is 146 Å². The predicted molar refractivity (Wildman–Crippen MR) is 227 cm³/mol. The number of aliphatic hydroxyl groups excluding tert-OH is 2. The second-order valence-electron chi connectivity index (χ2n) is 14.6. The SMILES string of the molecule is CC/C=C\C(O)C/C=C/C=C\C/C=C\C/C=C\CCCC(=O)OC[C@H](COP(=O)(O)OC[C@@H](O)COP(=O)(O)O)OC(=O)CCCCCCCCCCCCC(C)C. The van der Waals surface area contributed by atoms with Crippen LogP contribution >= 0.6 is 15.6 Å². The van der Waals surface area contributed by atoms with Gasteiger partial charge in [-0.05, 0) is 50.9 Å². The molecule has 0 aromatic carbocycles.